The molecule has 0 atom stereocenters. The largest absolute Gasteiger partial charge is 0.322 e. The molecule has 0 saturated heterocycles. The topological polar surface area (TPSA) is 104 Å². The fraction of sp³-hybridized carbons (Fsp3) is 0.350. The molecule has 0 radical (unpaired) electrons. The summed E-state index contributed by atoms with van der Waals surface area (Å²) in [4.78, 5) is 12.9. The third-order valence-corrected chi connectivity index (χ3v) is 8.04. The Bertz CT molecular complexity index is 1200. The molecular formula is C20H25N3O5S2. The van der Waals surface area contributed by atoms with E-state index < -0.39 is 26.0 Å². The van der Waals surface area contributed by atoms with E-state index in [-0.39, 0.29) is 4.90 Å². The number of carbonyl (C=O) groups excluding carboxylic acids is 1. The molecule has 0 spiro atoms. The van der Waals surface area contributed by atoms with Gasteiger partial charge in [-0.3, -0.25) is 9.10 Å². The van der Waals surface area contributed by atoms with Gasteiger partial charge >= 0.3 is 0 Å². The van der Waals surface area contributed by atoms with Gasteiger partial charge in [-0.05, 0) is 61.2 Å². The van der Waals surface area contributed by atoms with Crippen LogP contribution in [0, 0.1) is 6.92 Å². The zero-order chi connectivity index (χ0) is 22.3. The number of nitrogens with zero attached hydrogens (tertiary/aromatic N) is 2. The Morgan fingerprint density at radius 1 is 1.07 bits per heavy atom. The van der Waals surface area contributed by atoms with E-state index in [1.807, 2.05) is 0 Å². The van der Waals surface area contributed by atoms with Crippen LogP contribution in [0.5, 0.6) is 0 Å². The number of hydrogen-bond acceptors (Lipinski definition) is 5. The van der Waals surface area contributed by atoms with Crippen LogP contribution in [-0.4, -0.2) is 53.9 Å². The highest BCUT2D eigenvalue weighted by atomic mass is 32.2. The summed E-state index contributed by atoms with van der Waals surface area (Å²) in [7, 11) is -4.12. The third-order valence-electron chi connectivity index (χ3n) is 5.05. The van der Waals surface area contributed by atoms with Crippen molar-refractivity contribution < 1.29 is 21.6 Å². The van der Waals surface area contributed by atoms with Crippen molar-refractivity contribution in [2.45, 2.75) is 24.7 Å². The predicted molar refractivity (Wildman–Crippen MR) is 117 cm³/mol. The predicted octanol–water partition coefficient (Wildman–Crippen LogP) is 2.21. The van der Waals surface area contributed by atoms with Crippen LogP contribution in [0.4, 0.5) is 11.4 Å². The van der Waals surface area contributed by atoms with Crippen LogP contribution in [0.25, 0.3) is 0 Å². The minimum absolute atomic E-state index is 0.0858. The van der Waals surface area contributed by atoms with Crippen molar-refractivity contribution in [3.63, 3.8) is 0 Å². The Kier molecular flexibility index (Phi) is 5.94. The normalized spacial score (nSPS) is 14.5. The van der Waals surface area contributed by atoms with E-state index in [1.54, 1.807) is 31.2 Å². The zero-order valence-corrected chi connectivity index (χ0v) is 19.0. The number of benzene rings is 2. The van der Waals surface area contributed by atoms with Gasteiger partial charge in [0.05, 0.1) is 16.8 Å². The van der Waals surface area contributed by atoms with Crippen LogP contribution in [0.2, 0.25) is 0 Å². The lowest BCUT2D eigenvalue weighted by molar-refractivity contribution is 0.102. The first-order chi connectivity index (χ1) is 13.9. The fourth-order valence-corrected chi connectivity index (χ4v) is 5.27. The van der Waals surface area contributed by atoms with E-state index in [9.17, 15) is 21.6 Å². The lowest BCUT2D eigenvalue weighted by Crippen LogP contribution is -2.34. The number of nitrogens with one attached hydrogen (secondary N) is 1. The molecule has 30 heavy (non-hydrogen) atoms. The Morgan fingerprint density at radius 3 is 2.40 bits per heavy atom. The molecule has 2 aromatic rings. The fourth-order valence-electron chi connectivity index (χ4n) is 3.35. The van der Waals surface area contributed by atoms with E-state index in [2.05, 4.69) is 5.32 Å². The molecule has 1 aliphatic heterocycles. The molecule has 0 saturated carbocycles. The second-order valence-corrected chi connectivity index (χ2v) is 11.6. The SMILES string of the molecule is Cc1ccc(S(=O)(=O)N(C)C)cc1NC(=O)c1ccc2c(c1)CCCN2S(C)(=O)=O. The number of rotatable bonds is 5. The molecule has 0 unspecified atom stereocenters. The molecule has 1 N–H and O–H groups in total. The highest BCUT2D eigenvalue weighted by Gasteiger charge is 2.25. The molecule has 0 fully saturated rings. The second-order valence-electron chi connectivity index (χ2n) is 7.50. The first-order valence-corrected chi connectivity index (χ1v) is 12.7. The molecule has 3 rings (SSSR count). The van der Waals surface area contributed by atoms with Gasteiger partial charge in [-0.15, -0.1) is 0 Å². The maximum Gasteiger partial charge on any atom is 0.255 e. The summed E-state index contributed by atoms with van der Waals surface area (Å²) in [5.74, 6) is -0.392. The van der Waals surface area contributed by atoms with Gasteiger partial charge in [0.1, 0.15) is 0 Å². The van der Waals surface area contributed by atoms with Crippen molar-refractivity contribution in [2.24, 2.45) is 0 Å². The number of carbonyl (C=O) groups is 1. The molecule has 8 nitrogen and oxygen atoms in total. The monoisotopic (exact) mass is 451 g/mol. The smallest absolute Gasteiger partial charge is 0.255 e. The lowest BCUT2D eigenvalue weighted by atomic mass is 10.0. The average molecular weight is 452 g/mol. The number of aryl methyl sites for hydroxylation is 2. The molecule has 2 aromatic carbocycles. The molecule has 0 aliphatic carbocycles. The van der Waals surface area contributed by atoms with Crippen molar-refractivity contribution in [1.82, 2.24) is 4.31 Å². The highest BCUT2D eigenvalue weighted by Crippen LogP contribution is 2.30. The average Bonchev–Trinajstić information content (AvgIpc) is 2.67. The van der Waals surface area contributed by atoms with Gasteiger partial charge in [0.2, 0.25) is 20.0 Å². The number of sulfonamides is 2. The Labute approximate surface area is 177 Å². The van der Waals surface area contributed by atoms with Crippen LogP contribution < -0.4 is 9.62 Å². The van der Waals surface area contributed by atoms with Crippen molar-refractivity contribution in [1.29, 1.82) is 0 Å². The summed E-state index contributed by atoms with van der Waals surface area (Å²) >= 11 is 0. The van der Waals surface area contributed by atoms with Crippen LogP contribution in [0.15, 0.2) is 41.3 Å². The van der Waals surface area contributed by atoms with Gasteiger partial charge in [-0.25, -0.2) is 21.1 Å². The van der Waals surface area contributed by atoms with E-state index >= 15 is 0 Å². The van der Waals surface area contributed by atoms with Gasteiger partial charge in [-0.2, -0.15) is 0 Å². The quantitative estimate of drug-likeness (QED) is 0.751. The maximum atomic E-state index is 12.8. The van der Waals surface area contributed by atoms with Gasteiger partial charge in [0.15, 0.2) is 0 Å². The number of amides is 1. The van der Waals surface area contributed by atoms with Gasteiger partial charge in [0.25, 0.3) is 5.91 Å². The van der Waals surface area contributed by atoms with E-state index in [0.29, 0.717) is 36.3 Å². The van der Waals surface area contributed by atoms with Gasteiger partial charge in [0, 0.05) is 31.9 Å². The number of fused-ring (bicyclic) bond motifs is 1. The van der Waals surface area contributed by atoms with Crippen LogP contribution in [0.1, 0.15) is 27.9 Å². The Morgan fingerprint density at radius 2 is 1.77 bits per heavy atom. The number of hydrogen-bond donors (Lipinski definition) is 1. The lowest BCUT2D eigenvalue weighted by Gasteiger charge is -2.29. The first kappa shape index (κ1) is 22.3. The van der Waals surface area contributed by atoms with Gasteiger partial charge < -0.3 is 5.32 Å². The van der Waals surface area contributed by atoms with Crippen molar-refractivity contribution in [3.05, 3.63) is 53.1 Å². The maximum absolute atomic E-state index is 12.8. The molecule has 1 amide bonds. The van der Waals surface area contributed by atoms with Gasteiger partial charge in [-0.1, -0.05) is 6.07 Å². The van der Waals surface area contributed by atoms with E-state index in [0.717, 1.165) is 15.4 Å². The van der Waals surface area contributed by atoms with Crippen molar-refractivity contribution >= 4 is 37.3 Å². The van der Waals surface area contributed by atoms with Crippen molar-refractivity contribution in [3.8, 4) is 0 Å². The molecule has 1 aliphatic rings. The van der Waals surface area contributed by atoms with E-state index in [4.69, 9.17) is 0 Å². The van der Waals surface area contributed by atoms with Crippen LogP contribution in [-0.2, 0) is 26.5 Å². The Hall–Kier alpha value is -2.43. The third kappa shape index (κ3) is 4.35. The standard InChI is InChI=1S/C20H25N3O5S2/c1-14-7-9-17(30(27,28)22(2)3)13-18(14)21-20(24)16-8-10-19-15(12-16)6-5-11-23(19)29(4,25)26/h7-10,12-13H,5-6,11H2,1-4H3,(H,21,24). The van der Waals surface area contributed by atoms with Crippen molar-refractivity contribution in [2.75, 3.05) is 36.5 Å². The molecule has 10 heteroatoms. The summed E-state index contributed by atoms with van der Waals surface area (Å²) in [6, 6.07) is 9.49. The van der Waals surface area contributed by atoms with Crippen LogP contribution in [0.3, 0.4) is 0 Å². The zero-order valence-electron chi connectivity index (χ0n) is 17.3. The molecular weight excluding hydrogens is 426 g/mol. The minimum atomic E-state index is -3.63. The Balaban J connectivity index is 1.91. The summed E-state index contributed by atoms with van der Waals surface area (Å²) in [6.45, 7) is 2.20. The molecule has 0 bridgehead atoms. The summed E-state index contributed by atoms with van der Waals surface area (Å²) in [5, 5.41) is 2.77. The second kappa shape index (κ2) is 8.01. The number of anilines is 2. The molecule has 162 valence electrons. The minimum Gasteiger partial charge on any atom is -0.322 e. The summed E-state index contributed by atoms with van der Waals surface area (Å²) in [5.41, 5.74) is 2.89. The van der Waals surface area contributed by atoms with E-state index in [1.165, 1.54) is 36.8 Å². The van der Waals surface area contributed by atoms with Crippen LogP contribution >= 0.6 is 0 Å². The first-order valence-electron chi connectivity index (χ1n) is 9.36. The molecule has 1 heterocycles. The molecule has 0 aromatic heterocycles. The summed E-state index contributed by atoms with van der Waals surface area (Å²) in [6.07, 6.45) is 2.52. The highest BCUT2D eigenvalue weighted by molar-refractivity contribution is 7.92. The summed E-state index contributed by atoms with van der Waals surface area (Å²) < 4.78 is 51.2.